The van der Waals surface area contributed by atoms with Gasteiger partial charge in [-0.05, 0) is 12.5 Å². The highest BCUT2D eigenvalue weighted by Gasteiger charge is 2.34. The van der Waals surface area contributed by atoms with Gasteiger partial charge >= 0.3 is 0 Å². The summed E-state index contributed by atoms with van der Waals surface area (Å²) in [6.45, 7) is 11.3. The van der Waals surface area contributed by atoms with E-state index in [4.69, 9.17) is 0 Å². The summed E-state index contributed by atoms with van der Waals surface area (Å²) >= 11 is 0. The van der Waals surface area contributed by atoms with E-state index in [2.05, 4.69) is 38.9 Å². The van der Waals surface area contributed by atoms with Gasteiger partial charge in [0.2, 0.25) is 0 Å². The number of nitrogens with one attached hydrogen (secondary N) is 2. The van der Waals surface area contributed by atoms with Crippen LogP contribution in [0.25, 0.3) is 0 Å². The van der Waals surface area contributed by atoms with Gasteiger partial charge in [-0.15, -0.1) is 0 Å². The van der Waals surface area contributed by atoms with Crippen LogP contribution in [0.1, 0.15) is 31.4 Å². The molecule has 1 atom stereocenters. The van der Waals surface area contributed by atoms with Gasteiger partial charge in [0.05, 0.1) is 11.7 Å². The van der Waals surface area contributed by atoms with Crippen molar-refractivity contribution >= 4 is 0 Å². The average molecular weight is 291 g/mol. The van der Waals surface area contributed by atoms with Crippen molar-refractivity contribution in [2.75, 3.05) is 39.3 Å². The zero-order valence-electron chi connectivity index (χ0n) is 12.9. The highest BCUT2D eigenvalue weighted by atomic mass is 16.1. The molecule has 1 aromatic heterocycles. The number of piperazine rings is 3. The van der Waals surface area contributed by atoms with Crippen LogP contribution in [-0.4, -0.2) is 59.0 Å². The molecule has 4 rings (SSSR count). The Kier molecular flexibility index (Phi) is 4.37. The van der Waals surface area contributed by atoms with E-state index < -0.39 is 0 Å². The van der Waals surface area contributed by atoms with E-state index in [1.54, 1.807) is 6.07 Å². The van der Waals surface area contributed by atoms with E-state index in [-0.39, 0.29) is 11.6 Å². The second-order valence-electron chi connectivity index (χ2n) is 6.50. The highest BCUT2D eigenvalue weighted by molar-refractivity contribution is 5.08. The van der Waals surface area contributed by atoms with Crippen LogP contribution in [0.5, 0.6) is 0 Å². The third-order valence-corrected chi connectivity index (χ3v) is 4.27. The number of rotatable bonds is 5. The average Bonchev–Trinajstić information content (AvgIpc) is 2.47. The Bertz CT molecular complexity index is 533. The molecular weight excluding hydrogens is 266 g/mol. The fourth-order valence-electron chi connectivity index (χ4n) is 3.14. The van der Waals surface area contributed by atoms with E-state index in [0.29, 0.717) is 12.5 Å². The zero-order valence-corrected chi connectivity index (χ0v) is 12.9. The molecule has 1 aromatic rings. The quantitative estimate of drug-likeness (QED) is 0.811. The number of H-pyrrole nitrogens is 1. The largest absolute Gasteiger partial charge is 0.311 e. The molecule has 6 heteroatoms. The summed E-state index contributed by atoms with van der Waals surface area (Å²) in [6, 6.07) is 1.85. The molecule has 0 aromatic carbocycles. The molecule has 3 aliphatic heterocycles. The smallest absolute Gasteiger partial charge is 0.251 e. The fraction of sp³-hybridized carbons (Fsp3) is 0.733. The molecule has 116 valence electrons. The van der Waals surface area contributed by atoms with E-state index in [0.717, 1.165) is 50.8 Å². The minimum atomic E-state index is -0.0426. The predicted molar refractivity (Wildman–Crippen MR) is 82.2 cm³/mol. The minimum absolute atomic E-state index is 0.0426. The van der Waals surface area contributed by atoms with Crippen LogP contribution in [0.15, 0.2) is 10.9 Å². The predicted octanol–water partition coefficient (Wildman–Crippen LogP) is 0.188. The minimum Gasteiger partial charge on any atom is -0.311 e. The molecule has 1 unspecified atom stereocenters. The number of aromatic amines is 1. The summed E-state index contributed by atoms with van der Waals surface area (Å²) in [4.78, 5) is 24.4. The van der Waals surface area contributed by atoms with E-state index in [1.807, 2.05) is 0 Å². The Hall–Kier alpha value is -1.24. The maximum absolute atomic E-state index is 11.9. The standard InChI is InChI=1S/C15H25N5O/c1-11(2)8-16-9-12-7-14(21)18-15(17-12)13-10-19-3-5-20(13)6-4-19/h7,11,13,16H,3-6,8-10H2,1-2H3,(H,17,18,21). The number of fused-ring (bicyclic) bond motifs is 3. The molecule has 0 amide bonds. The van der Waals surface area contributed by atoms with Crippen molar-refractivity contribution in [2.45, 2.75) is 26.4 Å². The molecule has 0 aliphatic carbocycles. The van der Waals surface area contributed by atoms with Crippen LogP contribution in [0, 0.1) is 5.92 Å². The molecule has 2 bridgehead atoms. The van der Waals surface area contributed by atoms with Crippen molar-refractivity contribution in [3.63, 3.8) is 0 Å². The first-order valence-corrected chi connectivity index (χ1v) is 7.89. The lowest BCUT2D eigenvalue weighted by Gasteiger charge is -2.46. The number of aromatic nitrogens is 2. The molecule has 3 fully saturated rings. The van der Waals surface area contributed by atoms with Gasteiger partial charge in [-0.1, -0.05) is 13.8 Å². The second kappa shape index (κ2) is 6.25. The van der Waals surface area contributed by atoms with Crippen LogP contribution in [0.3, 0.4) is 0 Å². The molecule has 2 N–H and O–H groups in total. The molecule has 0 radical (unpaired) electrons. The van der Waals surface area contributed by atoms with Crippen LogP contribution in [-0.2, 0) is 6.54 Å². The van der Waals surface area contributed by atoms with Crippen LogP contribution >= 0.6 is 0 Å². The molecule has 3 aliphatic rings. The van der Waals surface area contributed by atoms with Gasteiger partial charge in [0, 0.05) is 45.3 Å². The molecule has 3 saturated heterocycles. The summed E-state index contributed by atoms with van der Waals surface area (Å²) in [5.41, 5.74) is 0.797. The van der Waals surface area contributed by atoms with Gasteiger partial charge < -0.3 is 10.3 Å². The van der Waals surface area contributed by atoms with E-state index in [9.17, 15) is 4.79 Å². The Labute approximate surface area is 125 Å². The van der Waals surface area contributed by atoms with Crippen molar-refractivity contribution in [3.05, 3.63) is 27.9 Å². The maximum Gasteiger partial charge on any atom is 0.251 e. The lowest BCUT2D eigenvalue weighted by molar-refractivity contribution is 0.00845. The van der Waals surface area contributed by atoms with Crippen molar-refractivity contribution in [3.8, 4) is 0 Å². The maximum atomic E-state index is 11.9. The van der Waals surface area contributed by atoms with Gasteiger partial charge in [-0.3, -0.25) is 14.6 Å². The van der Waals surface area contributed by atoms with Gasteiger partial charge in [-0.2, -0.15) is 0 Å². The normalized spacial score (nSPS) is 28.2. The number of hydrogen-bond acceptors (Lipinski definition) is 5. The fourth-order valence-corrected chi connectivity index (χ4v) is 3.14. The summed E-state index contributed by atoms with van der Waals surface area (Å²) < 4.78 is 0. The van der Waals surface area contributed by atoms with Crippen molar-refractivity contribution < 1.29 is 0 Å². The lowest BCUT2D eigenvalue weighted by atomic mass is 10.1. The second-order valence-corrected chi connectivity index (χ2v) is 6.50. The summed E-state index contributed by atoms with van der Waals surface area (Å²) in [5, 5.41) is 3.35. The van der Waals surface area contributed by atoms with Crippen molar-refractivity contribution in [1.82, 2.24) is 25.1 Å². The van der Waals surface area contributed by atoms with Crippen molar-refractivity contribution in [1.29, 1.82) is 0 Å². The molecule has 0 saturated carbocycles. The summed E-state index contributed by atoms with van der Waals surface area (Å²) in [6.07, 6.45) is 0. The topological polar surface area (TPSA) is 64.3 Å². The third-order valence-electron chi connectivity index (χ3n) is 4.27. The first-order chi connectivity index (χ1) is 10.1. The van der Waals surface area contributed by atoms with Gasteiger partial charge in [0.25, 0.3) is 5.56 Å². The van der Waals surface area contributed by atoms with Crippen molar-refractivity contribution in [2.24, 2.45) is 5.92 Å². The third kappa shape index (κ3) is 3.51. The lowest BCUT2D eigenvalue weighted by Crippen LogP contribution is -2.57. The monoisotopic (exact) mass is 291 g/mol. The molecule has 21 heavy (non-hydrogen) atoms. The van der Waals surface area contributed by atoms with E-state index in [1.165, 1.54) is 0 Å². The number of nitrogens with zero attached hydrogens (tertiary/aromatic N) is 3. The Morgan fingerprint density at radius 3 is 2.76 bits per heavy atom. The van der Waals surface area contributed by atoms with Gasteiger partial charge in [0.15, 0.2) is 0 Å². The Morgan fingerprint density at radius 2 is 2.14 bits per heavy atom. The first-order valence-electron chi connectivity index (χ1n) is 7.89. The van der Waals surface area contributed by atoms with Crippen LogP contribution in [0.4, 0.5) is 0 Å². The Balaban J connectivity index is 1.73. The molecular formula is C15H25N5O. The van der Waals surface area contributed by atoms with Crippen LogP contribution in [0.2, 0.25) is 0 Å². The van der Waals surface area contributed by atoms with Gasteiger partial charge in [-0.25, -0.2) is 4.98 Å². The molecule has 0 spiro atoms. The molecule has 4 heterocycles. The highest BCUT2D eigenvalue weighted by Crippen LogP contribution is 2.25. The van der Waals surface area contributed by atoms with E-state index >= 15 is 0 Å². The Morgan fingerprint density at radius 1 is 1.38 bits per heavy atom. The summed E-state index contributed by atoms with van der Waals surface area (Å²) in [7, 11) is 0. The van der Waals surface area contributed by atoms with Gasteiger partial charge in [0.1, 0.15) is 5.82 Å². The summed E-state index contributed by atoms with van der Waals surface area (Å²) in [5.74, 6) is 1.42. The molecule has 6 nitrogen and oxygen atoms in total. The zero-order chi connectivity index (χ0) is 14.8. The number of hydrogen-bond donors (Lipinski definition) is 2. The first kappa shape index (κ1) is 14.7. The van der Waals surface area contributed by atoms with Crippen LogP contribution < -0.4 is 10.9 Å². The SMILES string of the molecule is CC(C)CNCc1cc(=O)[nH]c(C2CN3CCN2CC3)n1.